The molecule has 0 bridgehead atoms. The van der Waals surface area contributed by atoms with Gasteiger partial charge in [0.15, 0.2) is 11.5 Å². The second-order valence-corrected chi connectivity index (χ2v) is 7.38. The highest BCUT2D eigenvalue weighted by Crippen LogP contribution is 2.30. The second kappa shape index (κ2) is 24.9. The number of fused-ring (bicyclic) bond motifs is 1. The summed E-state index contributed by atoms with van der Waals surface area (Å²) in [7, 11) is 3.68. The van der Waals surface area contributed by atoms with Gasteiger partial charge in [-0.1, -0.05) is 46.4 Å². The maximum atomic E-state index is 4.60. The molecule has 0 aliphatic heterocycles. The number of aromatic nitrogens is 3. The summed E-state index contributed by atoms with van der Waals surface area (Å²) in [5.74, 6) is 2.96. The number of anilines is 3. The SMILES string of the molecule is C#CC.C/C=C(/C)C=NC.C=C(C/C=C\N=CC)c1cc(Nc2nccn3ccnc23)ccc1NC.CC.CC. The van der Waals surface area contributed by atoms with Gasteiger partial charge < -0.3 is 15.0 Å². The van der Waals surface area contributed by atoms with Crippen LogP contribution in [0.25, 0.3) is 11.2 Å². The van der Waals surface area contributed by atoms with Gasteiger partial charge in [-0.2, -0.15) is 0 Å². The van der Waals surface area contributed by atoms with Crippen molar-refractivity contribution in [1.29, 1.82) is 0 Å². The van der Waals surface area contributed by atoms with Crippen LogP contribution in [0.5, 0.6) is 0 Å². The van der Waals surface area contributed by atoms with Crippen molar-refractivity contribution in [3.63, 3.8) is 0 Å². The minimum Gasteiger partial charge on any atom is -0.388 e. The largest absolute Gasteiger partial charge is 0.388 e. The van der Waals surface area contributed by atoms with E-state index < -0.39 is 0 Å². The zero-order valence-electron chi connectivity index (χ0n) is 26.2. The molecule has 40 heavy (non-hydrogen) atoms. The highest BCUT2D eigenvalue weighted by molar-refractivity contribution is 5.80. The maximum absolute atomic E-state index is 4.60. The Kier molecular flexibility index (Phi) is 23.4. The lowest BCUT2D eigenvalue weighted by atomic mass is 10.0. The summed E-state index contributed by atoms with van der Waals surface area (Å²) in [6.07, 6.45) is 22.0. The van der Waals surface area contributed by atoms with Gasteiger partial charge >= 0.3 is 0 Å². The van der Waals surface area contributed by atoms with E-state index in [0.29, 0.717) is 5.82 Å². The third-order valence-corrected chi connectivity index (χ3v) is 4.74. The molecule has 0 saturated heterocycles. The molecule has 0 fully saturated rings. The Morgan fingerprint density at radius 3 is 2.27 bits per heavy atom. The molecule has 0 amide bonds. The Labute approximate surface area is 243 Å². The lowest BCUT2D eigenvalue weighted by Crippen LogP contribution is -2.00. The lowest BCUT2D eigenvalue weighted by Gasteiger charge is -2.14. The van der Waals surface area contributed by atoms with E-state index in [1.54, 1.807) is 38.8 Å². The number of hydrogen-bond acceptors (Lipinski definition) is 6. The van der Waals surface area contributed by atoms with Gasteiger partial charge in [-0.25, -0.2) is 9.97 Å². The first-order valence-corrected chi connectivity index (χ1v) is 13.5. The van der Waals surface area contributed by atoms with Crippen LogP contribution in [0.2, 0.25) is 0 Å². The van der Waals surface area contributed by atoms with E-state index in [-0.39, 0.29) is 0 Å². The molecule has 7 nitrogen and oxygen atoms in total. The number of allylic oxidation sites excluding steroid dienone is 4. The van der Waals surface area contributed by atoms with Gasteiger partial charge in [-0.3, -0.25) is 9.98 Å². The van der Waals surface area contributed by atoms with E-state index in [9.17, 15) is 0 Å². The number of nitrogens with one attached hydrogen (secondary N) is 2. The van der Waals surface area contributed by atoms with Crippen LogP contribution in [0.15, 0.2) is 83.5 Å². The van der Waals surface area contributed by atoms with Crippen molar-refractivity contribution in [3.05, 3.63) is 79.1 Å². The van der Waals surface area contributed by atoms with Crippen LogP contribution in [0.3, 0.4) is 0 Å². The molecular formula is C33H49N7. The first-order chi connectivity index (χ1) is 19.4. The number of aliphatic imine (C=N–C) groups is 2. The van der Waals surface area contributed by atoms with Crippen molar-refractivity contribution in [2.45, 2.75) is 61.8 Å². The van der Waals surface area contributed by atoms with Gasteiger partial charge in [0, 0.05) is 74.5 Å². The van der Waals surface area contributed by atoms with Crippen molar-refractivity contribution in [2.75, 3.05) is 24.7 Å². The van der Waals surface area contributed by atoms with Gasteiger partial charge in [-0.05, 0) is 63.5 Å². The molecule has 0 unspecified atom stereocenters. The smallest absolute Gasteiger partial charge is 0.180 e. The molecule has 2 heterocycles. The molecule has 0 atom stereocenters. The van der Waals surface area contributed by atoms with E-state index in [1.165, 1.54) is 5.57 Å². The first kappa shape index (κ1) is 37.7. The van der Waals surface area contributed by atoms with Gasteiger partial charge in [0.05, 0.1) is 0 Å². The molecule has 2 aromatic heterocycles. The number of benzene rings is 1. The third kappa shape index (κ3) is 14.5. The van der Waals surface area contributed by atoms with E-state index in [2.05, 4.69) is 55.6 Å². The lowest BCUT2D eigenvalue weighted by molar-refractivity contribution is 1.13. The summed E-state index contributed by atoms with van der Waals surface area (Å²) in [6, 6.07) is 6.11. The van der Waals surface area contributed by atoms with Crippen molar-refractivity contribution in [3.8, 4) is 12.3 Å². The van der Waals surface area contributed by atoms with Crippen molar-refractivity contribution < 1.29 is 0 Å². The molecule has 3 aromatic rings. The van der Waals surface area contributed by atoms with Crippen LogP contribution in [-0.2, 0) is 0 Å². The predicted molar refractivity (Wildman–Crippen MR) is 180 cm³/mol. The minimum atomic E-state index is 0.712. The van der Waals surface area contributed by atoms with Gasteiger partial charge in [0.1, 0.15) is 0 Å². The fourth-order valence-electron chi connectivity index (χ4n) is 2.94. The number of nitrogens with zero attached hydrogens (tertiary/aromatic N) is 5. The van der Waals surface area contributed by atoms with Crippen molar-refractivity contribution >= 4 is 40.8 Å². The average Bonchev–Trinajstić information content (AvgIpc) is 3.48. The second-order valence-electron chi connectivity index (χ2n) is 7.38. The molecule has 1 aromatic carbocycles. The Bertz CT molecular complexity index is 1260. The normalized spacial score (nSPS) is 10.3. The van der Waals surface area contributed by atoms with Gasteiger partial charge in [-0.15, -0.1) is 12.3 Å². The topological polar surface area (TPSA) is 79.0 Å². The van der Waals surface area contributed by atoms with E-state index in [4.69, 9.17) is 0 Å². The van der Waals surface area contributed by atoms with Crippen LogP contribution in [0.4, 0.5) is 17.2 Å². The van der Waals surface area contributed by atoms with E-state index >= 15 is 0 Å². The Hall–Kier alpha value is -4.44. The summed E-state index contributed by atoms with van der Waals surface area (Å²) in [6.45, 7) is 19.8. The van der Waals surface area contributed by atoms with Crippen LogP contribution < -0.4 is 10.6 Å². The summed E-state index contributed by atoms with van der Waals surface area (Å²) >= 11 is 0. The molecule has 0 spiro atoms. The fraction of sp³-hybridized carbons (Fsp3) is 0.333. The number of imidazole rings is 1. The maximum Gasteiger partial charge on any atom is 0.180 e. The molecule has 0 aliphatic carbocycles. The summed E-state index contributed by atoms with van der Waals surface area (Å²) in [5.41, 5.74) is 6.01. The van der Waals surface area contributed by atoms with Crippen molar-refractivity contribution in [1.82, 2.24) is 14.4 Å². The first-order valence-electron chi connectivity index (χ1n) is 13.5. The molecule has 2 N–H and O–H groups in total. The highest BCUT2D eigenvalue weighted by Gasteiger charge is 2.09. The molecule has 216 valence electrons. The molecule has 0 aliphatic rings. The van der Waals surface area contributed by atoms with Crippen LogP contribution in [0.1, 0.15) is 67.4 Å². The summed E-state index contributed by atoms with van der Waals surface area (Å²) in [5, 5.41) is 6.57. The number of terminal acetylenes is 1. The molecule has 0 radical (unpaired) electrons. The van der Waals surface area contributed by atoms with E-state index in [0.717, 1.165) is 34.6 Å². The molecule has 7 heteroatoms. The Morgan fingerprint density at radius 2 is 1.75 bits per heavy atom. The molecular weight excluding hydrogens is 494 g/mol. The molecule has 0 saturated carbocycles. The third-order valence-electron chi connectivity index (χ3n) is 4.74. The van der Waals surface area contributed by atoms with Gasteiger partial charge in [0.2, 0.25) is 0 Å². The highest BCUT2D eigenvalue weighted by atomic mass is 15.1. The standard InChI is InChI=1S/C20H22N6.C6H11N.C3H4.2C2H6/c1-4-22-9-5-6-15(2)17-14-16(7-8-18(17)21-3)25-19-20-24-11-13-26(20)12-10-23-19;1-4-6(2)5-7-3;1-3-2;2*1-2/h4-5,7-14,21H,2,6H2,1,3H3,(H,23,25);4-5H,1-3H3;1H,2H3;2*1-2H3/b9-5-,22-4?;6-4-,7-5?;;;. The Morgan fingerprint density at radius 1 is 1.12 bits per heavy atom. The van der Waals surface area contributed by atoms with Crippen LogP contribution in [0, 0.1) is 12.3 Å². The van der Waals surface area contributed by atoms with Crippen molar-refractivity contribution in [2.24, 2.45) is 9.98 Å². The van der Waals surface area contributed by atoms with Crippen LogP contribution >= 0.6 is 0 Å². The van der Waals surface area contributed by atoms with E-state index in [1.807, 2.05) is 103 Å². The summed E-state index contributed by atoms with van der Waals surface area (Å²) in [4.78, 5) is 16.6. The quantitative estimate of drug-likeness (QED) is 0.220. The fourth-order valence-corrected chi connectivity index (χ4v) is 2.94. The molecule has 3 rings (SSSR count). The average molecular weight is 544 g/mol. The minimum absolute atomic E-state index is 0.712. The van der Waals surface area contributed by atoms with Crippen LogP contribution in [-0.4, -0.2) is 40.9 Å². The predicted octanol–water partition coefficient (Wildman–Crippen LogP) is 8.87. The summed E-state index contributed by atoms with van der Waals surface area (Å²) < 4.78 is 1.93. The zero-order valence-corrected chi connectivity index (χ0v) is 26.2. The number of hydrogen-bond donors (Lipinski definition) is 2. The zero-order chi connectivity index (χ0) is 30.8. The monoisotopic (exact) mass is 543 g/mol. The Balaban J connectivity index is 0. The van der Waals surface area contributed by atoms with Gasteiger partial charge in [0.25, 0.3) is 0 Å². The number of rotatable bonds is 8.